The second-order valence-corrected chi connectivity index (χ2v) is 4.57. The van der Waals surface area contributed by atoms with Crippen LogP contribution in [0.2, 0.25) is 0 Å². The predicted molar refractivity (Wildman–Crippen MR) is 69.3 cm³/mol. The van der Waals surface area contributed by atoms with E-state index < -0.39 is 5.97 Å². The number of halogens is 1. The first-order chi connectivity index (χ1) is 8.04. The highest BCUT2D eigenvalue weighted by Crippen LogP contribution is 2.09. The number of aromatic nitrogens is 2. The van der Waals surface area contributed by atoms with E-state index in [1.807, 2.05) is 6.92 Å². The fourth-order valence-electron chi connectivity index (χ4n) is 1.19. The lowest BCUT2D eigenvalue weighted by Gasteiger charge is -2.05. The van der Waals surface area contributed by atoms with Crippen molar-refractivity contribution in [2.24, 2.45) is 0 Å². The molecule has 0 aliphatic carbocycles. The van der Waals surface area contributed by atoms with E-state index in [9.17, 15) is 9.59 Å². The number of methoxy groups -OCH3 is 1. The standard InChI is InChI=1S/C10H14IN3O3/c1-7-8(11)5-13-14(7)4-3-9(15)12-6-10(16)17-2/h5H,3-4,6H2,1-2H3,(H,12,15). The zero-order chi connectivity index (χ0) is 12.8. The number of carbonyl (C=O) groups is 2. The fourth-order valence-corrected chi connectivity index (χ4v) is 1.59. The molecule has 0 aliphatic rings. The maximum absolute atomic E-state index is 11.4. The Balaban J connectivity index is 2.33. The number of amides is 1. The van der Waals surface area contributed by atoms with Crippen molar-refractivity contribution in [2.75, 3.05) is 13.7 Å². The van der Waals surface area contributed by atoms with Crippen LogP contribution >= 0.6 is 22.6 Å². The van der Waals surface area contributed by atoms with E-state index in [1.165, 1.54) is 7.11 Å². The van der Waals surface area contributed by atoms with Crippen LogP contribution in [0.25, 0.3) is 0 Å². The summed E-state index contributed by atoms with van der Waals surface area (Å²) in [5.41, 5.74) is 1.03. The smallest absolute Gasteiger partial charge is 0.325 e. The second kappa shape index (κ2) is 6.58. The summed E-state index contributed by atoms with van der Waals surface area (Å²) in [5.74, 6) is -0.650. The molecule has 1 rings (SSSR count). The summed E-state index contributed by atoms with van der Waals surface area (Å²) >= 11 is 2.19. The van der Waals surface area contributed by atoms with E-state index >= 15 is 0 Å². The van der Waals surface area contributed by atoms with Crippen LogP contribution in [0, 0.1) is 10.5 Å². The maximum Gasteiger partial charge on any atom is 0.325 e. The third-order valence-electron chi connectivity index (χ3n) is 2.25. The summed E-state index contributed by atoms with van der Waals surface area (Å²) in [7, 11) is 1.28. The van der Waals surface area contributed by atoms with Crippen LogP contribution < -0.4 is 5.32 Å². The molecule has 1 N–H and O–H groups in total. The summed E-state index contributed by atoms with van der Waals surface area (Å²) in [4.78, 5) is 22.2. The van der Waals surface area contributed by atoms with Gasteiger partial charge < -0.3 is 10.1 Å². The van der Waals surface area contributed by atoms with E-state index in [-0.39, 0.29) is 18.9 Å². The van der Waals surface area contributed by atoms with Crippen molar-refractivity contribution in [3.63, 3.8) is 0 Å². The Morgan fingerprint density at radius 2 is 2.29 bits per heavy atom. The zero-order valence-corrected chi connectivity index (χ0v) is 11.9. The number of nitrogens with one attached hydrogen (secondary N) is 1. The Morgan fingerprint density at radius 1 is 1.59 bits per heavy atom. The number of carbonyl (C=O) groups excluding carboxylic acids is 2. The van der Waals surface area contributed by atoms with E-state index in [2.05, 4.69) is 37.7 Å². The van der Waals surface area contributed by atoms with Gasteiger partial charge in [0, 0.05) is 18.7 Å². The molecule has 0 aromatic carbocycles. The van der Waals surface area contributed by atoms with E-state index in [1.54, 1.807) is 10.9 Å². The molecule has 1 heterocycles. The minimum absolute atomic E-state index is 0.0923. The van der Waals surface area contributed by atoms with Crippen LogP contribution in [0.5, 0.6) is 0 Å². The molecule has 17 heavy (non-hydrogen) atoms. The monoisotopic (exact) mass is 351 g/mol. The largest absolute Gasteiger partial charge is 0.468 e. The van der Waals surface area contributed by atoms with Crippen molar-refractivity contribution in [2.45, 2.75) is 19.9 Å². The molecule has 0 saturated carbocycles. The van der Waals surface area contributed by atoms with Gasteiger partial charge in [-0.25, -0.2) is 0 Å². The molecular weight excluding hydrogens is 337 g/mol. The number of hydrogen-bond acceptors (Lipinski definition) is 4. The normalized spacial score (nSPS) is 10.1. The van der Waals surface area contributed by atoms with Gasteiger partial charge in [-0.2, -0.15) is 5.10 Å². The van der Waals surface area contributed by atoms with E-state index in [4.69, 9.17) is 0 Å². The van der Waals surface area contributed by atoms with Crippen LogP contribution in [-0.2, 0) is 20.9 Å². The average Bonchev–Trinajstić information content (AvgIpc) is 2.64. The molecule has 1 amide bonds. The molecule has 0 unspecified atom stereocenters. The van der Waals surface area contributed by atoms with Gasteiger partial charge in [-0.05, 0) is 29.5 Å². The van der Waals surface area contributed by atoms with Gasteiger partial charge in [0.1, 0.15) is 6.54 Å². The molecule has 6 nitrogen and oxygen atoms in total. The highest BCUT2D eigenvalue weighted by Gasteiger charge is 2.08. The molecule has 1 aromatic rings. The molecule has 94 valence electrons. The Kier molecular flexibility index (Phi) is 5.39. The van der Waals surface area contributed by atoms with Crippen molar-refractivity contribution in [1.29, 1.82) is 0 Å². The fraction of sp³-hybridized carbons (Fsp3) is 0.500. The van der Waals surface area contributed by atoms with Crippen LogP contribution in [0.1, 0.15) is 12.1 Å². The minimum Gasteiger partial charge on any atom is -0.468 e. The van der Waals surface area contributed by atoms with Crippen molar-refractivity contribution < 1.29 is 14.3 Å². The van der Waals surface area contributed by atoms with Gasteiger partial charge in [-0.1, -0.05) is 0 Å². The number of esters is 1. The first-order valence-corrected chi connectivity index (χ1v) is 6.14. The van der Waals surface area contributed by atoms with Crippen molar-refractivity contribution >= 4 is 34.5 Å². The van der Waals surface area contributed by atoms with Crippen LogP contribution in [0.4, 0.5) is 0 Å². The number of aryl methyl sites for hydroxylation is 1. The Morgan fingerprint density at radius 3 is 2.82 bits per heavy atom. The first-order valence-electron chi connectivity index (χ1n) is 5.06. The molecule has 0 fully saturated rings. The SMILES string of the molecule is COC(=O)CNC(=O)CCn1ncc(I)c1C. The lowest BCUT2D eigenvalue weighted by Crippen LogP contribution is -2.30. The van der Waals surface area contributed by atoms with Crippen molar-refractivity contribution in [1.82, 2.24) is 15.1 Å². The lowest BCUT2D eigenvalue weighted by atomic mass is 10.4. The van der Waals surface area contributed by atoms with Gasteiger partial charge in [0.25, 0.3) is 0 Å². The number of rotatable bonds is 5. The third kappa shape index (κ3) is 4.33. The summed E-state index contributed by atoms with van der Waals surface area (Å²) in [5, 5.41) is 6.61. The van der Waals surface area contributed by atoms with E-state index in [0.717, 1.165) is 9.26 Å². The number of nitrogens with zero attached hydrogens (tertiary/aromatic N) is 2. The topological polar surface area (TPSA) is 73.2 Å². The summed E-state index contributed by atoms with van der Waals surface area (Å²) < 4.78 is 7.24. The first kappa shape index (κ1) is 13.9. The van der Waals surface area contributed by atoms with Crippen LogP contribution in [0.15, 0.2) is 6.20 Å². The minimum atomic E-state index is -0.455. The third-order valence-corrected chi connectivity index (χ3v) is 3.31. The maximum atomic E-state index is 11.4. The van der Waals surface area contributed by atoms with Gasteiger partial charge in [0.2, 0.25) is 5.91 Å². The van der Waals surface area contributed by atoms with Gasteiger partial charge in [-0.3, -0.25) is 14.3 Å². The molecule has 0 radical (unpaired) electrons. The second-order valence-electron chi connectivity index (χ2n) is 3.40. The lowest BCUT2D eigenvalue weighted by molar-refractivity contribution is -0.141. The van der Waals surface area contributed by atoms with Gasteiger partial charge in [0.05, 0.1) is 16.9 Å². The summed E-state index contributed by atoms with van der Waals surface area (Å²) in [6.07, 6.45) is 2.04. The van der Waals surface area contributed by atoms with Crippen LogP contribution in [0.3, 0.4) is 0 Å². The van der Waals surface area contributed by atoms with Crippen LogP contribution in [-0.4, -0.2) is 35.3 Å². The highest BCUT2D eigenvalue weighted by atomic mass is 127. The predicted octanol–water partition coefficient (Wildman–Crippen LogP) is 0.475. The van der Waals surface area contributed by atoms with Crippen molar-refractivity contribution in [3.05, 3.63) is 15.5 Å². The van der Waals surface area contributed by atoms with E-state index in [0.29, 0.717) is 6.54 Å². The van der Waals surface area contributed by atoms with Gasteiger partial charge in [0.15, 0.2) is 0 Å². The highest BCUT2D eigenvalue weighted by molar-refractivity contribution is 14.1. The molecule has 0 bridgehead atoms. The Labute approximate surface area is 113 Å². The molecule has 1 aromatic heterocycles. The Bertz CT molecular complexity index is 417. The van der Waals surface area contributed by atoms with Crippen molar-refractivity contribution in [3.8, 4) is 0 Å². The number of hydrogen-bond donors (Lipinski definition) is 1. The summed E-state index contributed by atoms with van der Waals surface area (Å²) in [6, 6.07) is 0. The molecule has 0 spiro atoms. The molecule has 0 atom stereocenters. The average molecular weight is 351 g/mol. The van der Waals surface area contributed by atoms with Gasteiger partial charge in [-0.15, -0.1) is 0 Å². The van der Waals surface area contributed by atoms with Gasteiger partial charge >= 0.3 is 5.97 Å². The molecule has 0 aliphatic heterocycles. The quantitative estimate of drug-likeness (QED) is 0.619. The molecule has 0 saturated heterocycles. The molecule has 7 heteroatoms. The summed E-state index contributed by atoms with van der Waals surface area (Å²) in [6.45, 7) is 2.36. The zero-order valence-electron chi connectivity index (χ0n) is 9.70. The Hall–Kier alpha value is -1.12. The number of ether oxygens (including phenoxy) is 1. The molecular formula is C10H14IN3O3.